The molecule has 1 atom stereocenters. The number of carbonyl (C=O) groups excluding carboxylic acids is 1. The van der Waals surface area contributed by atoms with Crippen LogP contribution in [0, 0.1) is 0 Å². The molecule has 1 aliphatic carbocycles. The molecule has 1 saturated carbocycles. The van der Waals surface area contributed by atoms with E-state index in [1.54, 1.807) is 0 Å². The van der Waals surface area contributed by atoms with Gasteiger partial charge in [-0.2, -0.15) is 11.8 Å². The van der Waals surface area contributed by atoms with Gasteiger partial charge in [0.2, 0.25) is 0 Å². The van der Waals surface area contributed by atoms with Crippen LogP contribution in [-0.4, -0.2) is 29.6 Å². The number of nitrogens with one attached hydrogen (secondary N) is 2. The lowest BCUT2D eigenvalue weighted by molar-refractivity contribution is 0.228. The molecule has 0 bridgehead atoms. The summed E-state index contributed by atoms with van der Waals surface area (Å²) in [5.74, 6) is 1.26. The van der Waals surface area contributed by atoms with Gasteiger partial charge in [-0.1, -0.05) is 6.42 Å². The Morgan fingerprint density at radius 1 is 1.20 bits per heavy atom. The first kappa shape index (κ1) is 11.1. The molecule has 15 heavy (non-hydrogen) atoms. The van der Waals surface area contributed by atoms with E-state index in [0.29, 0.717) is 11.3 Å². The second-order valence-electron chi connectivity index (χ2n) is 4.47. The van der Waals surface area contributed by atoms with Crippen LogP contribution in [0.4, 0.5) is 4.79 Å². The second kappa shape index (κ2) is 5.64. The molecule has 4 heteroatoms. The molecule has 0 aromatic carbocycles. The number of thioether (sulfide) groups is 1. The Morgan fingerprint density at radius 2 is 2.07 bits per heavy atom. The molecule has 2 aliphatic rings. The lowest BCUT2D eigenvalue weighted by atomic mass is 9.93. The minimum absolute atomic E-state index is 0.0332. The zero-order valence-electron chi connectivity index (χ0n) is 9.13. The molecule has 1 heterocycles. The van der Waals surface area contributed by atoms with E-state index in [4.69, 9.17) is 0 Å². The Bertz CT molecular complexity index is 213. The normalized spacial score (nSPS) is 26.8. The van der Waals surface area contributed by atoms with Gasteiger partial charge in [0.15, 0.2) is 0 Å². The first-order chi connectivity index (χ1) is 7.34. The Morgan fingerprint density at radius 3 is 2.67 bits per heavy atom. The average molecular weight is 228 g/mol. The van der Waals surface area contributed by atoms with Gasteiger partial charge in [0.25, 0.3) is 0 Å². The zero-order valence-corrected chi connectivity index (χ0v) is 9.94. The van der Waals surface area contributed by atoms with Gasteiger partial charge in [-0.3, -0.25) is 0 Å². The van der Waals surface area contributed by atoms with Crippen molar-refractivity contribution in [1.29, 1.82) is 0 Å². The number of hydrogen-bond acceptors (Lipinski definition) is 2. The third-order valence-corrected chi connectivity index (χ3v) is 4.60. The Labute approximate surface area is 95.8 Å². The highest BCUT2D eigenvalue weighted by molar-refractivity contribution is 7.99. The van der Waals surface area contributed by atoms with E-state index < -0.39 is 0 Å². The fourth-order valence-corrected chi connectivity index (χ4v) is 3.20. The summed E-state index contributed by atoms with van der Waals surface area (Å²) in [6.45, 7) is 0.837. The number of carbonyl (C=O) groups is 1. The van der Waals surface area contributed by atoms with Gasteiger partial charge >= 0.3 is 6.03 Å². The summed E-state index contributed by atoms with van der Waals surface area (Å²) in [7, 11) is 0. The fourth-order valence-electron chi connectivity index (χ4n) is 1.96. The van der Waals surface area contributed by atoms with Crippen molar-refractivity contribution in [1.82, 2.24) is 10.6 Å². The monoisotopic (exact) mass is 228 g/mol. The predicted octanol–water partition coefficient (Wildman–Crippen LogP) is 2.12. The van der Waals surface area contributed by atoms with Crippen LogP contribution in [0.3, 0.4) is 0 Å². The van der Waals surface area contributed by atoms with Crippen molar-refractivity contribution in [3.05, 3.63) is 0 Å². The van der Waals surface area contributed by atoms with Crippen molar-refractivity contribution >= 4 is 17.8 Å². The van der Waals surface area contributed by atoms with Gasteiger partial charge in [-0.05, 0) is 37.9 Å². The number of urea groups is 1. The summed E-state index contributed by atoms with van der Waals surface area (Å²) in [6, 6.07) is 0.481. The van der Waals surface area contributed by atoms with Crippen LogP contribution in [0.5, 0.6) is 0 Å². The van der Waals surface area contributed by atoms with E-state index in [2.05, 4.69) is 10.6 Å². The molecule has 0 aromatic heterocycles. The molecule has 0 spiro atoms. The van der Waals surface area contributed by atoms with Crippen LogP contribution in [0.2, 0.25) is 0 Å². The lowest BCUT2D eigenvalue weighted by Gasteiger charge is -2.27. The van der Waals surface area contributed by atoms with Gasteiger partial charge in [0.1, 0.15) is 0 Å². The number of amides is 2. The Kier molecular flexibility index (Phi) is 4.18. The molecule has 0 aromatic rings. The third-order valence-electron chi connectivity index (χ3n) is 3.20. The molecule has 0 radical (unpaired) electrons. The minimum atomic E-state index is 0.0332. The highest BCUT2D eigenvalue weighted by Crippen LogP contribution is 2.24. The smallest absolute Gasteiger partial charge is 0.315 e. The van der Waals surface area contributed by atoms with Crippen LogP contribution in [0.15, 0.2) is 0 Å². The lowest BCUT2D eigenvalue weighted by Crippen LogP contribution is -2.46. The standard InChI is InChI=1S/C11H20N2OS/c14-11(13-9-4-3-5-9)12-8-10-6-1-2-7-15-10/h9-10H,1-8H2,(H2,12,13,14). The summed E-state index contributed by atoms with van der Waals surface area (Å²) in [6.07, 6.45) is 7.51. The van der Waals surface area contributed by atoms with Crippen molar-refractivity contribution in [3.8, 4) is 0 Å². The summed E-state index contributed by atoms with van der Waals surface area (Å²) in [5, 5.41) is 6.62. The molecular formula is C11H20N2OS. The van der Waals surface area contributed by atoms with Crippen molar-refractivity contribution in [2.24, 2.45) is 0 Å². The number of hydrogen-bond donors (Lipinski definition) is 2. The molecule has 1 aliphatic heterocycles. The largest absolute Gasteiger partial charge is 0.337 e. The van der Waals surface area contributed by atoms with Crippen LogP contribution in [0.25, 0.3) is 0 Å². The summed E-state index contributed by atoms with van der Waals surface area (Å²) >= 11 is 2.00. The van der Waals surface area contributed by atoms with Crippen molar-refractivity contribution < 1.29 is 4.79 Å². The van der Waals surface area contributed by atoms with Crippen LogP contribution in [-0.2, 0) is 0 Å². The molecule has 2 fully saturated rings. The highest BCUT2D eigenvalue weighted by atomic mass is 32.2. The van der Waals surface area contributed by atoms with E-state index in [0.717, 1.165) is 19.4 Å². The van der Waals surface area contributed by atoms with Gasteiger partial charge in [-0.15, -0.1) is 0 Å². The SMILES string of the molecule is O=C(NCC1CCCCS1)NC1CCC1. The number of rotatable bonds is 3. The summed E-state index contributed by atoms with van der Waals surface area (Å²) < 4.78 is 0. The first-order valence-electron chi connectivity index (χ1n) is 6.00. The van der Waals surface area contributed by atoms with E-state index in [-0.39, 0.29) is 6.03 Å². The molecule has 2 N–H and O–H groups in total. The molecule has 2 amide bonds. The average Bonchev–Trinajstić information content (AvgIpc) is 2.22. The van der Waals surface area contributed by atoms with Crippen molar-refractivity contribution in [2.45, 2.75) is 49.8 Å². The molecule has 1 unspecified atom stereocenters. The Hall–Kier alpha value is -0.380. The topological polar surface area (TPSA) is 41.1 Å². The van der Waals surface area contributed by atoms with E-state index in [9.17, 15) is 4.79 Å². The van der Waals surface area contributed by atoms with Gasteiger partial charge in [0.05, 0.1) is 0 Å². The quantitative estimate of drug-likeness (QED) is 0.777. The fraction of sp³-hybridized carbons (Fsp3) is 0.909. The van der Waals surface area contributed by atoms with Gasteiger partial charge in [-0.25, -0.2) is 4.79 Å². The van der Waals surface area contributed by atoms with Crippen LogP contribution in [0.1, 0.15) is 38.5 Å². The molecular weight excluding hydrogens is 208 g/mol. The van der Waals surface area contributed by atoms with E-state index >= 15 is 0 Å². The van der Waals surface area contributed by atoms with E-state index in [1.807, 2.05) is 11.8 Å². The Balaban J connectivity index is 1.57. The maximum Gasteiger partial charge on any atom is 0.315 e. The first-order valence-corrected chi connectivity index (χ1v) is 7.05. The minimum Gasteiger partial charge on any atom is -0.337 e. The zero-order chi connectivity index (χ0) is 10.5. The van der Waals surface area contributed by atoms with Crippen LogP contribution >= 0.6 is 11.8 Å². The second-order valence-corrected chi connectivity index (χ2v) is 5.88. The molecule has 3 nitrogen and oxygen atoms in total. The maximum absolute atomic E-state index is 11.5. The predicted molar refractivity (Wildman–Crippen MR) is 64.3 cm³/mol. The molecule has 86 valence electrons. The van der Waals surface area contributed by atoms with Gasteiger partial charge < -0.3 is 10.6 Å². The summed E-state index contributed by atoms with van der Waals surface area (Å²) in [5.41, 5.74) is 0. The highest BCUT2D eigenvalue weighted by Gasteiger charge is 2.20. The maximum atomic E-state index is 11.5. The van der Waals surface area contributed by atoms with Crippen LogP contribution < -0.4 is 10.6 Å². The van der Waals surface area contributed by atoms with Crippen molar-refractivity contribution in [2.75, 3.05) is 12.3 Å². The van der Waals surface area contributed by atoms with Gasteiger partial charge in [0, 0.05) is 17.8 Å². The summed E-state index contributed by atoms with van der Waals surface area (Å²) in [4.78, 5) is 11.5. The third kappa shape index (κ3) is 3.59. The van der Waals surface area contributed by atoms with E-state index in [1.165, 1.54) is 31.4 Å². The molecule has 1 saturated heterocycles. The van der Waals surface area contributed by atoms with Crippen molar-refractivity contribution in [3.63, 3.8) is 0 Å². The molecule has 2 rings (SSSR count).